The lowest BCUT2D eigenvalue weighted by molar-refractivity contribution is -0.114. The molecule has 4 aromatic rings. The number of nitrogens with one attached hydrogen (secondary N) is 1. The molecule has 0 radical (unpaired) electrons. The number of aryl methyl sites for hydroxylation is 1. The number of para-hydroxylation sites is 1. The molecular formula is C32H28ClN5O2S. The maximum atomic E-state index is 13.1. The molecule has 6 rings (SSSR count). The minimum atomic E-state index is -0.467. The van der Waals surface area contributed by atoms with E-state index in [-0.39, 0.29) is 11.4 Å². The molecule has 0 saturated heterocycles. The molecule has 7 nitrogen and oxygen atoms in total. The summed E-state index contributed by atoms with van der Waals surface area (Å²) in [6.07, 6.45) is 3.73. The maximum Gasteiger partial charge on any atom is 0.283 e. The Morgan fingerprint density at radius 2 is 1.88 bits per heavy atom. The largest absolute Gasteiger partial charge is 0.491 e. The zero-order valence-electron chi connectivity index (χ0n) is 22.9. The van der Waals surface area contributed by atoms with Crippen LogP contribution < -0.4 is 4.74 Å². The number of hydrazone groups is 1. The molecule has 2 aliphatic heterocycles. The van der Waals surface area contributed by atoms with E-state index in [4.69, 9.17) is 21.7 Å². The molecule has 1 aromatic heterocycles. The summed E-state index contributed by atoms with van der Waals surface area (Å²) in [7, 11) is 0. The number of carbonyl (C=O) groups is 1. The van der Waals surface area contributed by atoms with Gasteiger partial charge in [-0.25, -0.2) is 0 Å². The zero-order chi connectivity index (χ0) is 28.7. The third-order valence-corrected chi connectivity index (χ3v) is 8.33. The van der Waals surface area contributed by atoms with Gasteiger partial charge in [-0.2, -0.15) is 15.1 Å². The number of benzene rings is 3. The first-order valence-electron chi connectivity index (χ1n) is 13.4. The van der Waals surface area contributed by atoms with E-state index in [9.17, 15) is 4.79 Å². The number of rotatable bonds is 7. The molecule has 1 amide bonds. The third-order valence-electron chi connectivity index (χ3n) is 7.06. The number of carbonyl (C=O) groups excluding carboxylic acids is 1. The number of amides is 1. The van der Waals surface area contributed by atoms with Crippen LogP contribution in [0, 0.1) is 12.3 Å². The highest BCUT2D eigenvalue weighted by Gasteiger charge is 2.36. The van der Waals surface area contributed by atoms with E-state index in [0.29, 0.717) is 34.3 Å². The molecule has 206 valence electrons. The molecule has 9 heteroatoms. The van der Waals surface area contributed by atoms with E-state index < -0.39 is 5.91 Å². The number of ether oxygens (including phenoxy) is 1. The van der Waals surface area contributed by atoms with Crippen molar-refractivity contribution in [1.29, 1.82) is 5.41 Å². The fraction of sp³-hybridized carbons (Fsp3) is 0.188. The topological polar surface area (TPSA) is 83.0 Å². The van der Waals surface area contributed by atoms with Crippen molar-refractivity contribution in [2.45, 2.75) is 33.2 Å². The minimum absolute atomic E-state index is 0.0182. The lowest BCUT2D eigenvalue weighted by Crippen LogP contribution is -2.35. The van der Waals surface area contributed by atoms with E-state index in [1.165, 1.54) is 22.3 Å². The number of aromatic nitrogens is 1. The highest BCUT2D eigenvalue weighted by Crippen LogP contribution is 2.34. The second-order valence-corrected chi connectivity index (χ2v) is 11.6. The number of hydrogen-bond donors (Lipinski definition) is 1. The Labute approximate surface area is 247 Å². The third kappa shape index (κ3) is 5.21. The van der Waals surface area contributed by atoms with E-state index in [1.807, 2.05) is 48.7 Å². The molecule has 3 aromatic carbocycles. The standard InChI is InChI=1S/C32H28ClN5O2S/c1-19(2)22-13-12-20(3)16-28(22)40-15-14-37-18-21(23-8-5-7-11-27(23)37)17-25-29(34)38-32(35-30(25)39)41-31(36-38)24-9-4-6-10-26(24)33/h4-13,16-19,34H,14-15H2,1-3H3/b25-17-,34-29?. The Morgan fingerprint density at radius 3 is 2.68 bits per heavy atom. The van der Waals surface area contributed by atoms with Gasteiger partial charge in [0.2, 0.25) is 5.17 Å². The van der Waals surface area contributed by atoms with E-state index in [0.717, 1.165) is 33.3 Å². The van der Waals surface area contributed by atoms with E-state index in [1.54, 1.807) is 12.1 Å². The van der Waals surface area contributed by atoms with Gasteiger partial charge >= 0.3 is 0 Å². The van der Waals surface area contributed by atoms with Crippen LogP contribution in [0.2, 0.25) is 5.02 Å². The Kier molecular flexibility index (Phi) is 7.28. The van der Waals surface area contributed by atoms with Gasteiger partial charge in [0.1, 0.15) is 17.4 Å². The van der Waals surface area contributed by atoms with Gasteiger partial charge in [-0.3, -0.25) is 10.2 Å². The van der Waals surface area contributed by atoms with Crippen LogP contribution in [0.3, 0.4) is 0 Å². The Balaban J connectivity index is 1.28. The van der Waals surface area contributed by atoms with Crippen molar-refractivity contribution in [3.8, 4) is 5.75 Å². The van der Waals surface area contributed by atoms with Crippen molar-refractivity contribution < 1.29 is 9.53 Å². The molecule has 0 bridgehead atoms. The Morgan fingerprint density at radius 1 is 1.10 bits per heavy atom. The maximum absolute atomic E-state index is 13.1. The number of nitrogens with zero attached hydrogens (tertiary/aromatic N) is 4. The predicted octanol–water partition coefficient (Wildman–Crippen LogP) is 7.47. The average molecular weight is 582 g/mol. The first kappa shape index (κ1) is 27.1. The van der Waals surface area contributed by atoms with Crippen LogP contribution >= 0.6 is 23.4 Å². The SMILES string of the molecule is Cc1ccc(C(C)C)c(OCCn2cc(/C=C3/C(=N)N4N=C(c5ccccc5Cl)SC4=NC3=O)c3ccccc32)c1. The van der Waals surface area contributed by atoms with Crippen molar-refractivity contribution >= 4 is 62.3 Å². The average Bonchev–Trinajstić information content (AvgIpc) is 3.53. The smallest absolute Gasteiger partial charge is 0.283 e. The minimum Gasteiger partial charge on any atom is -0.491 e. The fourth-order valence-corrected chi connectivity index (χ4v) is 6.18. The summed E-state index contributed by atoms with van der Waals surface area (Å²) < 4.78 is 8.37. The molecule has 0 unspecified atom stereocenters. The highest BCUT2D eigenvalue weighted by molar-refractivity contribution is 8.27. The monoisotopic (exact) mass is 581 g/mol. The second-order valence-electron chi connectivity index (χ2n) is 10.2. The molecule has 0 fully saturated rings. The van der Waals surface area contributed by atoms with E-state index >= 15 is 0 Å². The molecular weight excluding hydrogens is 554 g/mol. The van der Waals surface area contributed by atoms with Crippen LogP contribution in [0.25, 0.3) is 17.0 Å². The van der Waals surface area contributed by atoms with Gasteiger partial charge < -0.3 is 9.30 Å². The summed E-state index contributed by atoms with van der Waals surface area (Å²) in [6.45, 7) is 7.51. The van der Waals surface area contributed by atoms with Crippen LogP contribution in [0.4, 0.5) is 0 Å². The summed E-state index contributed by atoms with van der Waals surface area (Å²) in [5.74, 6) is 0.788. The fourth-order valence-electron chi connectivity index (χ4n) is 4.96. The Bertz CT molecular complexity index is 1800. The normalized spacial score (nSPS) is 16.0. The number of halogens is 1. The van der Waals surface area contributed by atoms with Gasteiger partial charge in [0.25, 0.3) is 5.91 Å². The molecule has 0 saturated carbocycles. The summed E-state index contributed by atoms with van der Waals surface area (Å²) >= 11 is 7.59. The summed E-state index contributed by atoms with van der Waals surface area (Å²) in [4.78, 5) is 17.4. The van der Waals surface area contributed by atoms with Crippen molar-refractivity contribution in [1.82, 2.24) is 9.58 Å². The van der Waals surface area contributed by atoms with Gasteiger partial charge in [-0.15, -0.1) is 0 Å². The first-order chi connectivity index (χ1) is 19.8. The van der Waals surface area contributed by atoms with Crippen molar-refractivity contribution in [2.24, 2.45) is 10.1 Å². The molecule has 0 atom stereocenters. The van der Waals surface area contributed by atoms with Crippen LogP contribution in [-0.4, -0.2) is 38.1 Å². The van der Waals surface area contributed by atoms with Gasteiger partial charge in [-0.1, -0.05) is 74.0 Å². The molecule has 3 heterocycles. The first-order valence-corrected chi connectivity index (χ1v) is 14.6. The molecule has 0 spiro atoms. The van der Waals surface area contributed by atoms with Crippen LogP contribution in [-0.2, 0) is 11.3 Å². The summed E-state index contributed by atoms with van der Waals surface area (Å²) in [6, 6.07) is 21.7. The van der Waals surface area contributed by atoms with Gasteiger partial charge in [0.05, 0.1) is 17.1 Å². The number of hydrogen-bond acceptors (Lipinski definition) is 5. The van der Waals surface area contributed by atoms with Gasteiger partial charge in [0, 0.05) is 28.2 Å². The van der Waals surface area contributed by atoms with Gasteiger partial charge in [-0.05, 0) is 60.0 Å². The van der Waals surface area contributed by atoms with Crippen molar-refractivity contribution in [2.75, 3.05) is 6.61 Å². The predicted molar refractivity (Wildman–Crippen MR) is 168 cm³/mol. The molecule has 2 aliphatic rings. The molecule has 41 heavy (non-hydrogen) atoms. The number of fused-ring (bicyclic) bond motifs is 2. The van der Waals surface area contributed by atoms with Crippen LogP contribution in [0.5, 0.6) is 5.75 Å². The highest BCUT2D eigenvalue weighted by atomic mass is 35.5. The van der Waals surface area contributed by atoms with Crippen molar-refractivity contribution in [3.05, 3.63) is 106 Å². The molecule has 0 aliphatic carbocycles. The lowest BCUT2D eigenvalue weighted by atomic mass is 10.0. The quantitative estimate of drug-likeness (QED) is 0.229. The van der Waals surface area contributed by atoms with Crippen molar-refractivity contribution in [3.63, 3.8) is 0 Å². The summed E-state index contributed by atoms with van der Waals surface area (Å²) in [5.41, 5.74) is 5.11. The van der Waals surface area contributed by atoms with E-state index in [2.05, 4.69) is 53.6 Å². The van der Waals surface area contributed by atoms with Crippen LogP contribution in [0.15, 0.2) is 88.6 Å². The second kappa shape index (κ2) is 11.0. The zero-order valence-corrected chi connectivity index (χ0v) is 24.5. The summed E-state index contributed by atoms with van der Waals surface area (Å²) in [5, 5.41) is 17.3. The lowest BCUT2D eigenvalue weighted by Gasteiger charge is -2.20. The molecule has 1 N–H and O–H groups in total. The van der Waals surface area contributed by atoms with Crippen LogP contribution in [0.1, 0.15) is 42.0 Å². The van der Waals surface area contributed by atoms with Gasteiger partial charge in [0.15, 0.2) is 5.84 Å². The number of amidine groups is 2. The Hall–Kier alpha value is -4.14. The number of thioether (sulfide) groups is 1. The number of aliphatic imine (C=N–C) groups is 1.